The van der Waals surface area contributed by atoms with E-state index < -0.39 is 6.10 Å². The summed E-state index contributed by atoms with van der Waals surface area (Å²) in [4.78, 5) is 0. The molecule has 0 amide bonds. The molecule has 0 aromatic heterocycles. The van der Waals surface area contributed by atoms with E-state index in [9.17, 15) is 9.50 Å². The third kappa shape index (κ3) is 2.92. The van der Waals surface area contributed by atoms with Crippen LogP contribution in [0.15, 0.2) is 60.7 Å². The SMILES string of the molecule is OC(Cc1ccc(Cl)cc1F)c1cccc2ccccc12. The molecule has 1 unspecified atom stereocenters. The average Bonchev–Trinajstić information content (AvgIpc) is 2.49. The van der Waals surface area contributed by atoms with Crippen molar-refractivity contribution >= 4 is 22.4 Å². The molecule has 106 valence electrons. The van der Waals surface area contributed by atoms with Gasteiger partial charge in [0.05, 0.1) is 6.10 Å². The highest BCUT2D eigenvalue weighted by Gasteiger charge is 2.14. The van der Waals surface area contributed by atoms with Gasteiger partial charge in [0.1, 0.15) is 5.82 Å². The summed E-state index contributed by atoms with van der Waals surface area (Å²) in [5.41, 5.74) is 1.27. The lowest BCUT2D eigenvalue weighted by atomic mass is 9.96. The van der Waals surface area contributed by atoms with Gasteiger partial charge < -0.3 is 5.11 Å². The summed E-state index contributed by atoms with van der Waals surface area (Å²) in [5.74, 6) is -0.387. The number of aliphatic hydroxyl groups excluding tert-OH is 1. The zero-order chi connectivity index (χ0) is 14.8. The Hall–Kier alpha value is -1.90. The van der Waals surface area contributed by atoms with Crippen molar-refractivity contribution in [3.63, 3.8) is 0 Å². The van der Waals surface area contributed by atoms with E-state index in [1.807, 2.05) is 42.5 Å². The Morgan fingerprint density at radius 3 is 2.57 bits per heavy atom. The molecule has 0 fully saturated rings. The number of halogens is 2. The quantitative estimate of drug-likeness (QED) is 0.729. The van der Waals surface area contributed by atoms with Gasteiger partial charge in [-0.15, -0.1) is 0 Å². The minimum absolute atomic E-state index is 0.219. The molecule has 1 N–H and O–H groups in total. The number of hydrogen-bond donors (Lipinski definition) is 1. The normalized spacial score (nSPS) is 12.5. The van der Waals surface area contributed by atoms with Crippen LogP contribution in [-0.2, 0) is 6.42 Å². The lowest BCUT2D eigenvalue weighted by Gasteiger charge is -2.14. The summed E-state index contributed by atoms with van der Waals surface area (Å²) in [7, 11) is 0. The van der Waals surface area contributed by atoms with Gasteiger partial charge >= 0.3 is 0 Å². The highest BCUT2D eigenvalue weighted by Crippen LogP contribution is 2.27. The Kier molecular flexibility index (Phi) is 3.91. The second-order valence-corrected chi connectivity index (χ2v) is 5.46. The highest BCUT2D eigenvalue weighted by molar-refractivity contribution is 6.30. The fourth-order valence-electron chi connectivity index (χ4n) is 2.55. The lowest BCUT2D eigenvalue weighted by Crippen LogP contribution is -2.04. The van der Waals surface area contributed by atoms with Crippen molar-refractivity contribution in [1.29, 1.82) is 0 Å². The minimum Gasteiger partial charge on any atom is -0.388 e. The first kappa shape index (κ1) is 14.1. The second kappa shape index (κ2) is 5.84. The van der Waals surface area contributed by atoms with Crippen LogP contribution in [0.25, 0.3) is 10.8 Å². The van der Waals surface area contributed by atoms with Gasteiger partial charge in [-0.25, -0.2) is 4.39 Å². The molecule has 21 heavy (non-hydrogen) atoms. The fraction of sp³-hybridized carbons (Fsp3) is 0.111. The number of fused-ring (bicyclic) bond motifs is 1. The van der Waals surface area contributed by atoms with Crippen molar-refractivity contribution < 1.29 is 9.50 Å². The van der Waals surface area contributed by atoms with Crippen LogP contribution in [0, 0.1) is 5.82 Å². The molecule has 3 rings (SSSR count). The largest absolute Gasteiger partial charge is 0.388 e. The first-order chi connectivity index (χ1) is 10.1. The molecule has 3 heteroatoms. The van der Waals surface area contributed by atoms with Crippen molar-refractivity contribution in [2.75, 3.05) is 0 Å². The molecular formula is C18H14ClFO. The summed E-state index contributed by atoms with van der Waals surface area (Å²) in [6.07, 6.45) is -0.538. The maximum absolute atomic E-state index is 13.8. The van der Waals surface area contributed by atoms with Crippen LogP contribution in [0.1, 0.15) is 17.2 Å². The molecule has 0 aliphatic carbocycles. The fourth-order valence-corrected chi connectivity index (χ4v) is 2.71. The van der Waals surface area contributed by atoms with Crippen LogP contribution >= 0.6 is 11.6 Å². The van der Waals surface area contributed by atoms with E-state index in [0.29, 0.717) is 10.6 Å². The van der Waals surface area contributed by atoms with Gasteiger partial charge in [0.15, 0.2) is 0 Å². The van der Waals surface area contributed by atoms with Crippen LogP contribution in [0.5, 0.6) is 0 Å². The Bertz CT molecular complexity index is 780. The van der Waals surface area contributed by atoms with E-state index in [-0.39, 0.29) is 12.2 Å². The van der Waals surface area contributed by atoms with E-state index in [1.165, 1.54) is 6.07 Å². The van der Waals surface area contributed by atoms with Crippen LogP contribution in [0.3, 0.4) is 0 Å². The van der Waals surface area contributed by atoms with E-state index in [4.69, 9.17) is 11.6 Å². The standard InChI is InChI=1S/C18H14ClFO/c19-14-9-8-13(17(20)11-14)10-18(21)16-7-3-5-12-4-1-2-6-15(12)16/h1-9,11,18,21H,10H2. The van der Waals surface area contributed by atoms with Gasteiger partial charge in [0.2, 0.25) is 0 Å². The average molecular weight is 301 g/mol. The van der Waals surface area contributed by atoms with Crippen molar-refractivity contribution in [1.82, 2.24) is 0 Å². The topological polar surface area (TPSA) is 20.2 Å². The predicted octanol–water partition coefficient (Wildman–Crippen LogP) is 4.91. The van der Waals surface area contributed by atoms with E-state index in [2.05, 4.69) is 0 Å². The smallest absolute Gasteiger partial charge is 0.127 e. The van der Waals surface area contributed by atoms with Crippen LogP contribution in [0.2, 0.25) is 5.02 Å². The van der Waals surface area contributed by atoms with Gasteiger partial charge in [0.25, 0.3) is 0 Å². The molecule has 3 aromatic carbocycles. The molecule has 0 saturated carbocycles. The van der Waals surface area contributed by atoms with E-state index in [0.717, 1.165) is 16.3 Å². The van der Waals surface area contributed by atoms with Gasteiger partial charge in [-0.1, -0.05) is 60.1 Å². The van der Waals surface area contributed by atoms with E-state index >= 15 is 0 Å². The molecule has 3 aromatic rings. The molecule has 1 nitrogen and oxygen atoms in total. The molecule has 0 bridgehead atoms. The van der Waals surface area contributed by atoms with Crippen LogP contribution < -0.4 is 0 Å². The highest BCUT2D eigenvalue weighted by atomic mass is 35.5. The molecule has 1 atom stereocenters. The van der Waals surface area contributed by atoms with Crippen LogP contribution in [0.4, 0.5) is 4.39 Å². The first-order valence-corrected chi connectivity index (χ1v) is 7.12. The zero-order valence-corrected chi connectivity index (χ0v) is 12.0. The first-order valence-electron chi connectivity index (χ1n) is 6.75. The number of rotatable bonds is 3. The Labute approximate surface area is 127 Å². The van der Waals surface area contributed by atoms with Gasteiger partial charge in [-0.05, 0) is 34.0 Å². The summed E-state index contributed by atoms with van der Waals surface area (Å²) >= 11 is 5.75. The van der Waals surface area contributed by atoms with Gasteiger partial charge in [-0.3, -0.25) is 0 Å². The molecule has 0 radical (unpaired) electrons. The third-order valence-electron chi connectivity index (χ3n) is 3.61. The summed E-state index contributed by atoms with van der Waals surface area (Å²) in [6, 6.07) is 18.1. The second-order valence-electron chi connectivity index (χ2n) is 5.02. The van der Waals surface area contributed by atoms with Crippen molar-refractivity contribution in [2.45, 2.75) is 12.5 Å². The minimum atomic E-state index is -0.758. The van der Waals surface area contributed by atoms with Crippen LogP contribution in [-0.4, -0.2) is 5.11 Å². The maximum Gasteiger partial charge on any atom is 0.127 e. The maximum atomic E-state index is 13.8. The Balaban J connectivity index is 1.95. The molecule has 0 aliphatic rings. The zero-order valence-electron chi connectivity index (χ0n) is 11.3. The van der Waals surface area contributed by atoms with Crippen molar-refractivity contribution in [2.24, 2.45) is 0 Å². The predicted molar refractivity (Wildman–Crippen MR) is 84.0 cm³/mol. The summed E-state index contributed by atoms with van der Waals surface area (Å²) in [5, 5.41) is 12.9. The van der Waals surface area contributed by atoms with Crippen molar-refractivity contribution in [3.05, 3.63) is 82.6 Å². The molecular weight excluding hydrogens is 287 g/mol. The van der Waals surface area contributed by atoms with E-state index in [1.54, 1.807) is 12.1 Å². The summed E-state index contributed by atoms with van der Waals surface area (Å²) in [6.45, 7) is 0. The Morgan fingerprint density at radius 1 is 1.00 bits per heavy atom. The van der Waals surface area contributed by atoms with Gasteiger partial charge in [0, 0.05) is 11.4 Å². The van der Waals surface area contributed by atoms with Gasteiger partial charge in [-0.2, -0.15) is 0 Å². The lowest BCUT2D eigenvalue weighted by molar-refractivity contribution is 0.178. The molecule has 0 aliphatic heterocycles. The third-order valence-corrected chi connectivity index (χ3v) is 3.85. The van der Waals surface area contributed by atoms with Crippen molar-refractivity contribution in [3.8, 4) is 0 Å². The Morgan fingerprint density at radius 2 is 1.76 bits per heavy atom. The summed E-state index contributed by atoms with van der Waals surface area (Å²) < 4.78 is 13.8. The monoisotopic (exact) mass is 300 g/mol. The number of hydrogen-bond acceptors (Lipinski definition) is 1. The molecule has 0 spiro atoms. The molecule has 0 saturated heterocycles. The number of aliphatic hydroxyl groups is 1. The number of benzene rings is 3. The molecule has 0 heterocycles.